The zero-order valence-corrected chi connectivity index (χ0v) is 7.39. The van der Waals surface area contributed by atoms with Gasteiger partial charge in [-0.25, -0.2) is 14.8 Å². The van der Waals surface area contributed by atoms with E-state index >= 15 is 0 Å². The Hall–Kier alpha value is -1.49. The molecule has 0 spiro atoms. The molecule has 0 saturated heterocycles. The van der Waals surface area contributed by atoms with Gasteiger partial charge in [0.15, 0.2) is 0 Å². The zero-order valence-electron chi connectivity index (χ0n) is 7.39. The van der Waals surface area contributed by atoms with E-state index in [4.69, 9.17) is 5.11 Å². The average Bonchev–Trinajstić information content (AvgIpc) is 2.03. The topological polar surface area (TPSA) is 72.3 Å². The van der Waals surface area contributed by atoms with E-state index in [1.807, 2.05) is 0 Å². The van der Waals surface area contributed by atoms with E-state index in [0.717, 1.165) is 0 Å². The third-order valence-electron chi connectivity index (χ3n) is 1.14. The maximum absolute atomic E-state index is 11.2. The molecule has 0 atom stereocenters. The molecule has 0 aliphatic carbocycles. The van der Waals surface area contributed by atoms with Crippen molar-refractivity contribution in [2.75, 3.05) is 0 Å². The molecule has 5 heteroatoms. The third kappa shape index (κ3) is 3.16. The number of rotatable bonds is 2. The third-order valence-corrected chi connectivity index (χ3v) is 1.14. The van der Waals surface area contributed by atoms with Crippen molar-refractivity contribution in [1.82, 2.24) is 9.97 Å². The second kappa shape index (κ2) is 3.49. The highest BCUT2D eigenvalue weighted by atomic mass is 16.7. The highest BCUT2D eigenvalue weighted by Gasteiger charge is 2.19. The van der Waals surface area contributed by atoms with E-state index in [0.29, 0.717) is 0 Å². The van der Waals surface area contributed by atoms with Gasteiger partial charge in [0.2, 0.25) is 5.79 Å². The van der Waals surface area contributed by atoms with Crippen LogP contribution >= 0.6 is 0 Å². The minimum Gasteiger partial charge on any atom is -0.430 e. The Bertz CT molecular complexity index is 292. The largest absolute Gasteiger partial charge is 0.430 e. The van der Waals surface area contributed by atoms with Crippen molar-refractivity contribution in [2.45, 2.75) is 19.6 Å². The van der Waals surface area contributed by atoms with Crippen LogP contribution in [-0.2, 0) is 4.74 Å². The lowest BCUT2D eigenvalue weighted by Gasteiger charge is -2.17. The predicted octanol–water partition coefficient (Wildman–Crippen LogP) is 0.362. The summed E-state index contributed by atoms with van der Waals surface area (Å²) in [5.74, 6) is -2.12. The van der Waals surface area contributed by atoms with Crippen LogP contribution < -0.4 is 0 Å². The molecular weight excluding hydrogens is 172 g/mol. The van der Waals surface area contributed by atoms with Crippen LogP contribution in [0.5, 0.6) is 0 Å². The predicted molar refractivity (Wildman–Crippen MR) is 43.7 cm³/mol. The lowest BCUT2D eigenvalue weighted by atomic mass is 10.3. The van der Waals surface area contributed by atoms with Crippen LogP contribution in [0.3, 0.4) is 0 Å². The first-order valence-corrected chi connectivity index (χ1v) is 3.70. The molecule has 0 bridgehead atoms. The highest BCUT2D eigenvalue weighted by Crippen LogP contribution is 2.07. The Balaban J connectivity index is 2.71. The summed E-state index contributed by atoms with van der Waals surface area (Å²) in [5, 5.41) is 9.17. The molecular formula is C8H10N2O3. The molecule has 0 fully saturated rings. The zero-order chi connectivity index (χ0) is 9.90. The monoisotopic (exact) mass is 182 g/mol. The van der Waals surface area contributed by atoms with Crippen molar-refractivity contribution < 1.29 is 14.6 Å². The van der Waals surface area contributed by atoms with Gasteiger partial charge in [0, 0.05) is 26.2 Å². The van der Waals surface area contributed by atoms with E-state index in [-0.39, 0.29) is 5.56 Å². The number of hydrogen-bond donors (Lipinski definition) is 1. The summed E-state index contributed by atoms with van der Waals surface area (Å²) < 4.78 is 4.66. The van der Waals surface area contributed by atoms with Crippen molar-refractivity contribution in [3.63, 3.8) is 0 Å². The van der Waals surface area contributed by atoms with E-state index in [1.165, 1.54) is 32.6 Å². The maximum atomic E-state index is 11.2. The minimum absolute atomic E-state index is 0.213. The molecule has 70 valence electrons. The van der Waals surface area contributed by atoms with Crippen LogP contribution in [0.1, 0.15) is 24.2 Å². The van der Waals surface area contributed by atoms with Crippen LogP contribution in [0.4, 0.5) is 0 Å². The molecule has 13 heavy (non-hydrogen) atoms. The van der Waals surface area contributed by atoms with Gasteiger partial charge in [-0.1, -0.05) is 0 Å². The van der Waals surface area contributed by atoms with Crippen molar-refractivity contribution in [1.29, 1.82) is 0 Å². The van der Waals surface area contributed by atoms with Crippen LogP contribution in [0.15, 0.2) is 18.7 Å². The summed E-state index contributed by atoms with van der Waals surface area (Å²) in [6.07, 6.45) is 3.95. The van der Waals surface area contributed by atoms with E-state index in [9.17, 15) is 4.79 Å². The standard InChI is InChI=1S/C8H10N2O3/c1-8(2,12)13-7(11)6-3-9-5-10-4-6/h3-5,12H,1-2H3. The van der Waals surface area contributed by atoms with Crippen molar-refractivity contribution in [3.05, 3.63) is 24.3 Å². The van der Waals surface area contributed by atoms with Gasteiger partial charge >= 0.3 is 5.97 Å². The van der Waals surface area contributed by atoms with Gasteiger partial charge in [0.05, 0.1) is 5.56 Å². The number of nitrogens with zero attached hydrogens (tertiary/aromatic N) is 2. The maximum Gasteiger partial charge on any atom is 0.343 e. The minimum atomic E-state index is -1.48. The fraction of sp³-hybridized carbons (Fsp3) is 0.375. The molecule has 1 rings (SSSR count). The molecule has 0 unspecified atom stereocenters. The molecule has 0 saturated carbocycles. The summed E-state index contributed by atoms with van der Waals surface area (Å²) in [7, 11) is 0. The summed E-state index contributed by atoms with van der Waals surface area (Å²) in [6, 6.07) is 0. The number of carbonyl (C=O) groups is 1. The van der Waals surface area contributed by atoms with E-state index in [1.54, 1.807) is 0 Å². The second-order valence-corrected chi connectivity index (χ2v) is 2.96. The van der Waals surface area contributed by atoms with Gasteiger partial charge in [-0.2, -0.15) is 0 Å². The number of carbonyl (C=O) groups excluding carboxylic acids is 1. The van der Waals surface area contributed by atoms with Gasteiger partial charge in [-0.15, -0.1) is 0 Å². The summed E-state index contributed by atoms with van der Waals surface area (Å²) in [5.41, 5.74) is 0.213. The van der Waals surface area contributed by atoms with Crippen LogP contribution in [-0.4, -0.2) is 26.8 Å². The molecule has 0 aliphatic heterocycles. The number of aromatic nitrogens is 2. The van der Waals surface area contributed by atoms with Crippen molar-refractivity contribution in [2.24, 2.45) is 0 Å². The van der Waals surface area contributed by atoms with Crippen LogP contribution in [0, 0.1) is 0 Å². The van der Waals surface area contributed by atoms with Crippen LogP contribution in [0.25, 0.3) is 0 Å². The highest BCUT2D eigenvalue weighted by molar-refractivity contribution is 5.88. The van der Waals surface area contributed by atoms with E-state index in [2.05, 4.69) is 14.7 Å². The van der Waals surface area contributed by atoms with Crippen LogP contribution in [0.2, 0.25) is 0 Å². The van der Waals surface area contributed by atoms with E-state index < -0.39 is 11.8 Å². The normalized spacial score (nSPS) is 11.0. The molecule has 0 radical (unpaired) electrons. The van der Waals surface area contributed by atoms with Crippen molar-refractivity contribution in [3.8, 4) is 0 Å². The Labute approximate surface area is 75.4 Å². The smallest absolute Gasteiger partial charge is 0.343 e. The Morgan fingerprint density at radius 1 is 1.46 bits per heavy atom. The molecule has 0 amide bonds. The first-order chi connectivity index (χ1) is 5.99. The second-order valence-electron chi connectivity index (χ2n) is 2.96. The first-order valence-electron chi connectivity index (χ1n) is 3.70. The molecule has 1 aromatic rings. The van der Waals surface area contributed by atoms with Gasteiger partial charge in [-0.3, -0.25) is 0 Å². The van der Waals surface area contributed by atoms with Gasteiger partial charge in [0.25, 0.3) is 0 Å². The molecule has 1 aromatic heterocycles. The molecule has 0 aromatic carbocycles. The quantitative estimate of drug-likeness (QED) is 0.528. The van der Waals surface area contributed by atoms with Gasteiger partial charge in [0.1, 0.15) is 6.33 Å². The summed E-state index contributed by atoms with van der Waals surface area (Å²) >= 11 is 0. The fourth-order valence-electron chi connectivity index (χ4n) is 0.690. The lowest BCUT2D eigenvalue weighted by Crippen LogP contribution is -2.27. The first kappa shape index (κ1) is 9.60. The number of hydrogen-bond acceptors (Lipinski definition) is 5. The molecule has 0 aliphatic rings. The van der Waals surface area contributed by atoms with Gasteiger partial charge in [-0.05, 0) is 0 Å². The lowest BCUT2D eigenvalue weighted by molar-refractivity contribution is -0.136. The van der Waals surface area contributed by atoms with Gasteiger partial charge < -0.3 is 9.84 Å². The van der Waals surface area contributed by atoms with Crippen molar-refractivity contribution >= 4 is 5.97 Å². The fourth-order valence-corrected chi connectivity index (χ4v) is 0.690. The summed E-state index contributed by atoms with van der Waals surface area (Å²) in [6.45, 7) is 2.74. The number of ether oxygens (including phenoxy) is 1. The SMILES string of the molecule is CC(C)(O)OC(=O)c1cncnc1. The molecule has 1 heterocycles. The summed E-state index contributed by atoms with van der Waals surface area (Å²) in [4.78, 5) is 18.5. The number of aliphatic hydroxyl groups is 1. The molecule has 5 nitrogen and oxygen atoms in total. The Kier molecular flexibility index (Phi) is 2.57. The Morgan fingerprint density at radius 2 is 2.00 bits per heavy atom. The average molecular weight is 182 g/mol. The Morgan fingerprint density at radius 3 is 2.46 bits per heavy atom. The molecule has 1 N–H and O–H groups in total. The number of esters is 1.